The van der Waals surface area contributed by atoms with E-state index < -0.39 is 47.6 Å². The van der Waals surface area contributed by atoms with Gasteiger partial charge in [0.05, 0.1) is 12.0 Å². The molecule has 1 atom stereocenters. The van der Waals surface area contributed by atoms with Gasteiger partial charge in [-0.2, -0.15) is 13.2 Å². The summed E-state index contributed by atoms with van der Waals surface area (Å²) in [7, 11) is 0. The molecule has 0 saturated carbocycles. The zero-order valence-corrected chi connectivity index (χ0v) is 10.3. The topological polar surface area (TPSA) is 104 Å². The lowest BCUT2D eigenvalue weighted by Gasteiger charge is -2.13. The molecular formula is C12H10F3NO5. The van der Waals surface area contributed by atoms with Crippen LogP contribution in [0.2, 0.25) is 0 Å². The van der Waals surface area contributed by atoms with Crippen LogP contribution in [0.3, 0.4) is 0 Å². The number of carbonyl (C=O) groups is 3. The van der Waals surface area contributed by atoms with E-state index >= 15 is 0 Å². The summed E-state index contributed by atoms with van der Waals surface area (Å²) in [5.41, 5.74) is -1.48. The normalized spacial score (nSPS) is 12.5. The lowest BCUT2D eigenvalue weighted by Crippen LogP contribution is -2.42. The monoisotopic (exact) mass is 305 g/mol. The molecule has 0 radical (unpaired) electrons. The lowest BCUT2D eigenvalue weighted by molar-refractivity contribution is -0.145. The minimum atomic E-state index is -4.65. The zero-order chi connectivity index (χ0) is 16.2. The Morgan fingerprint density at radius 3 is 2.29 bits per heavy atom. The van der Waals surface area contributed by atoms with Crippen LogP contribution in [0, 0.1) is 0 Å². The van der Waals surface area contributed by atoms with Crippen molar-refractivity contribution < 1.29 is 37.8 Å². The minimum Gasteiger partial charge on any atom is -0.481 e. The fourth-order valence-corrected chi connectivity index (χ4v) is 1.45. The first kappa shape index (κ1) is 16.5. The number of nitrogens with one attached hydrogen (secondary N) is 1. The van der Waals surface area contributed by atoms with Crippen molar-refractivity contribution in [2.45, 2.75) is 18.6 Å². The molecule has 0 saturated heterocycles. The van der Waals surface area contributed by atoms with Crippen LogP contribution >= 0.6 is 0 Å². The highest BCUT2D eigenvalue weighted by molar-refractivity contribution is 5.97. The van der Waals surface area contributed by atoms with E-state index in [0.29, 0.717) is 6.07 Å². The number of halogens is 3. The van der Waals surface area contributed by atoms with Crippen molar-refractivity contribution in [2.24, 2.45) is 0 Å². The van der Waals surface area contributed by atoms with Crippen LogP contribution in [0.4, 0.5) is 13.2 Å². The molecule has 6 nitrogen and oxygen atoms in total. The van der Waals surface area contributed by atoms with E-state index in [4.69, 9.17) is 10.2 Å². The first-order valence-electron chi connectivity index (χ1n) is 5.54. The Bertz CT molecular complexity index is 570. The van der Waals surface area contributed by atoms with Gasteiger partial charge in [-0.15, -0.1) is 0 Å². The second-order valence-corrected chi connectivity index (χ2v) is 4.04. The van der Waals surface area contributed by atoms with Crippen LogP contribution in [0.5, 0.6) is 0 Å². The molecule has 114 valence electrons. The highest BCUT2D eigenvalue weighted by Gasteiger charge is 2.31. The maximum absolute atomic E-state index is 12.5. The average Bonchev–Trinajstić information content (AvgIpc) is 2.36. The van der Waals surface area contributed by atoms with Crippen LogP contribution in [-0.2, 0) is 15.8 Å². The molecule has 21 heavy (non-hydrogen) atoms. The van der Waals surface area contributed by atoms with Gasteiger partial charge in [0.25, 0.3) is 5.91 Å². The summed E-state index contributed by atoms with van der Waals surface area (Å²) in [6.45, 7) is 0. The molecule has 1 aromatic carbocycles. The lowest BCUT2D eigenvalue weighted by atomic mass is 10.1. The second-order valence-electron chi connectivity index (χ2n) is 4.04. The van der Waals surface area contributed by atoms with Crippen molar-refractivity contribution in [3.05, 3.63) is 35.4 Å². The zero-order valence-electron chi connectivity index (χ0n) is 10.3. The van der Waals surface area contributed by atoms with Gasteiger partial charge in [-0.1, -0.05) is 6.07 Å². The van der Waals surface area contributed by atoms with Gasteiger partial charge in [0, 0.05) is 5.56 Å². The van der Waals surface area contributed by atoms with Crippen molar-refractivity contribution in [3.63, 3.8) is 0 Å². The van der Waals surface area contributed by atoms with E-state index in [0.717, 1.165) is 18.2 Å². The van der Waals surface area contributed by atoms with Gasteiger partial charge in [-0.25, -0.2) is 4.79 Å². The number of hydrogen-bond acceptors (Lipinski definition) is 3. The van der Waals surface area contributed by atoms with Crippen LogP contribution < -0.4 is 5.32 Å². The van der Waals surface area contributed by atoms with Crippen molar-refractivity contribution in [1.82, 2.24) is 5.32 Å². The summed E-state index contributed by atoms with van der Waals surface area (Å²) >= 11 is 0. The van der Waals surface area contributed by atoms with Crippen LogP contribution in [0.25, 0.3) is 0 Å². The third kappa shape index (κ3) is 4.79. The summed E-state index contributed by atoms with van der Waals surface area (Å²) in [6, 6.07) is 1.62. The molecule has 1 aromatic rings. The number of carbonyl (C=O) groups excluding carboxylic acids is 1. The molecule has 0 fully saturated rings. The number of amides is 1. The van der Waals surface area contributed by atoms with Crippen LogP contribution in [0.15, 0.2) is 24.3 Å². The standard InChI is InChI=1S/C12H10F3NO5/c13-12(14,15)7-3-1-2-6(4-7)10(19)16-8(11(20)21)5-9(17)18/h1-4,8H,5H2,(H,16,19)(H,17,18)(H,20,21)/t8-/m0/s1. The molecule has 1 rings (SSSR count). The van der Waals surface area contributed by atoms with E-state index in [1.54, 1.807) is 0 Å². The molecule has 0 aromatic heterocycles. The molecule has 0 aliphatic carbocycles. The summed E-state index contributed by atoms with van der Waals surface area (Å²) in [5.74, 6) is -4.17. The van der Waals surface area contributed by atoms with Crippen LogP contribution in [-0.4, -0.2) is 34.1 Å². The van der Waals surface area contributed by atoms with Crippen molar-refractivity contribution in [2.75, 3.05) is 0 Å². The van der Waals surface area contributed by atoms with Gasteiger partial charge in [0.2, 0.25) is 0 Å². The third-order valence-corrected chi connectivity index (χ3v) is 2.43. The summed E-state index contributed by atoms with van der Waals surface area (Å²) in [5, 5.41) is 19.1. The van der Waals surface area contributed by atoms with E-state index in [-0.39, 0.29) is 0 Å². The number of carboxylic acid groups (broad SMARTS) is 2. The molecule has 9 heteroatoms. The Morgan fingerprint density at radius 2 is 1.81 bits per heavy atom. The highest BCUT2D eigenvalue weighted by Crippen LogP contribution is 2.29. The number of hydrogen-bond donors (Lipinski definition) is 3. The number of benzene rings is 1. The summed E-state index contributed by atoms with van der Waals surface area (Å²) in [4.78, 5) is 32.9. The quantitative estimate of drug-likeness (QED) is 0.762. The minimum absolute atomic E-state index is 0.415. The first-order valence-corrected chi connectivity index (χ1v) is 5.54. The van der Waals surface area contributed by atoms with Crippen LogP contribution in [0.1, 0.15) is 22.3 Å². The Morgan fingerprint density at radius 1 is 1.19 bits per heavy atom. The molecular weight excluding hydrogens is 295 g/mol. The fraction of sp³-hybridized carbons (Fsp3) is 0.250. The van der Waals surface area contributed by atoms with Gasteiger partial charge in [-0.3, -0.25) is 9.59 Å². The number of alkyl halides is 3. The molecule has 1 amide bonds. The number of aliphatic carboxylic acids is 2. The Labute approximate surface area is 116 Å². The van der Waals surface area contributed by atoms with E-state index in [1.807, 2.05) is 5.32 Å². The highest BCUT2D eigenvalue weighted by atomic mass is 19.4. The fourth-order valence-electron chi connectivity index (χ4n) is 1.45. The van der Waals surface area contributed by atoms with Gasteiger partial charge >= 0.3 is 18.1 Å². The Hall–Kier alpha value is -2.58. The number of carboxylic acids is 2. The molecule has 0 bridgehead atoms. The Kier molecular flexibility index (Phi) is 4.90. The maximum atomic E-state index is 12.5. The predicted molar refractivity (Wildman–Crippen MR) is 62.6 cm³/mol. The molecule has 0 aliphatic heterocycles. The molecule has 0 unspecified atom stereocenters. The largest absolute Gasteiger partial charge is 0.481 e. The van der Waals surface area contributed by atoms with Crippen molar-refractivity contribution in [1.29, 1.82) is 0 Å². The van der Waals surface area contributed by atoms with Gasteiger partial charge in [-0.05, 0) is 18.2 Å². The molecule has 0 spiro atoms. The van der Waals surface area contributed by atoms with E-state index in [1.165, 1.54) is 0 Å². The van der Waals surface area contributed by atoms with Crippen molar-refractivity contribution >= 4 is 17.8 Å². The molecule has 3 N–H and O–H groups in total. The smallest absolute Gasteiger partial charge is 0.416 e. The molecule has 0 heterocycles. The van der Waals surface area contributed by atoms with Gasteiger partial charge in [0.15, 0.2) is 0 Å². The third-order valence-electron chi connectivity index (χ3n) is 2.43. The first-order chi connectivity index (χ1) is 9.61. The van der Waals surface area contributed by atoms with Gasteiger partial charge in [0.1, 0.15) is 6.04 Å². The predicted octanol–water partition coefficient (Wildman–Crippen LogP) is 1.36. The molecule has 0 aliphatic rings. The second kappa shape index (κ2) is 6.25. The maximum Gasteiger partial charge on any atom is 0.416 e. The summed E-state index contributed by atoms with van der Waals surface area (Å²) < 4.78 is 37.5. The van der Waals surface area contributed by atoms with Gasteiger partial charge < -0.3 is 15.5 Å². The van der Waals surface area contributed by atoms with Crippen molar-refractivity contribution in [3.8, 4) is 0 Å². The average molecular weight is 305 g/mol. The Balaban J connectivity index is 2.93. The number of rotatable bonds is 5. The van der Waals surface area contributed by atoms with E-state index in [2.05, 4.69) is 0 Å². The summed E-state index contributed by atoms with van der Waals surface area (Å²) in [6.07, 6.45) is -5.54. The SMILES string of the molecule is O=C(O)C[C@H](NC(=O)c1cccc(C(F)(F)F)c1)C(=O)O. The van der Waals surface area contributed by atoms with E-state index in [9.17, 15) is 27.6 Å².